The van der Waals surface area contributed by atoms with Gasteiger partial charge < -0.3 is 20.3 Å². The van der Waals surface area contributed by atoms with E-state index in [1.807, 2.05) is 27.7 Å². The van der Waals surface area contributed by atoms with Gasteiger partial charge in [-0.05, 0) is 64.8 Å². The number of anilines is 1. The predicted octanol–water partition coefficient (Wildman–Crippen LogP) is 3.45. The third kappa shape index (κ3) is 4.70. The first-order valence-corrected chi connectivity index (χ1v) is 10.4. The maximum absolute atomic E-state index is 14.0. The van der Waals surface area contributed by atoms with E-state index in [4.69, 9.17) is 10.5 Å². The summed E-state index contributed by atoms with van der Waals surface area (Å²) < 4.78 is 20.1. The van der Waals surface area contributed by atoms with Crippen molar-refractivity contribution >= 4 is 11.7 Å². The van der Waals surface area contributed by atoms with Crippen molar-refractivity contribution < 1.29 is 13.9 Å². The van der Waals surface area contributed by atoms with Gasteiger partial charge in [0.15, 0.2) is 11.6 Å². The van der Waals surface area contributed by atoms with E-state index in [-0.39, 0.29) is 29.3 Å². The van der Waals surface area contributed by atoms with Crippen molar-refractivity contribution in [2.45, 2.75) is 46.2 Å². The van der Waals surface area contributed by atoms with E-state index in [1.54, 1.807) is 11.1 Å². The minimum Gasteiger partial charge on any atom is -0.451 e. The third-order valence-electron chi connectivity index (χ3n) is 5.32. The smallest absolute Gasteiger partial charge is 0.258 e. The van der Waals surface area contributed by atoms with E-state index < -0.39 is 5.82 Å². The number of halogens is 1. The highest BCUT2D eigenvalue weighted by Crippen LogP contribution is 2.34. The SMILES string of the molecule is CC(C)N(C(=O)c1cc(F)ccc1Oc1cncnc1N1CCC(CN)C1)C(C)C. The van der Waals surface area contributed by atoms with Crippen LogP contribution < -0.4 is 15.4 Å². The molecule has 8 heteroatoms. The Morgan fingerprint density at radius 3 is 2.67 bits per heavy atom. The van der Waals surface area contributed by atoms with Gasteiger partial charge in [0.1, 0.15) is 17.9 Å². The van der Waals surface area contributed by atoms with E-state index in [2.05, 4.69) is 14.9 Å². The van der Waals surface area contributed by atoms with Gasteiger partial charge in [-0.2, -0.15) is 0 Å². The zero-order chi connectivity index (χ0) is 21.8. The monoisotopic (exact) mass is 415 g/mol. The molecule has 0 aliphatic carbocycles. The van der Waals surface area contributed by atoms with E-state index in [1.165, 1.54) is 24.5 Å². The summed E-state index contributed by atoms with van der Waals surface area (Å²) in [6.07, 6.45) is 4.02. The van der Waals surface area contributed by atoms with Crippen molar-refractivity contribution in [1.82, 2.24) is 14.9 Å². The fourth-order valence-corrected chi connectivity index (χ4v) is 3.92. The van der Waals surface area contributed by atoms with Crippen LogP contribution in [0.15, 0.2) is 30.7 Å². The number of ether oxygens (including phenoxy) is 1. The first-order valence-electron chi connectivity index (χ1n) is 10.4. The molecule has 1 fully saturated rings. The number of benzene rings is 1. The second-order valence-corrected chi connectivity index (χ2v) is 8.19. The van der Waals surface area contributed by atoms with E-state index in [0.29, 0.717) is 24.0 Å². The van der Waals surface area contributed by atoms with Gasteiger partial charge in [-0.15, -0.1) is 0 Å². The Bertz CT molecular complexity index is 882. The zero-order valence-corrected chi connectivity index (χ0v) is 18.0. The van der Waals surface area contributed by atoms with Crippen LogP contribution in [0.1, 0.15) is 44.5 Å². The molecule has 1 atom stereocenters. The molecule has 162 valence electrons. The molecule has 1 aromatic heterocycles. The minimum atomic E-state index is -0.493. The lowest BCUT2D eigenvalue weighted by Crippen LogP contribution is -2.42. The number of amides is 1. The summed E-state index contributed by atoms with van der Waals surface area (Å²) in [6, 6.07) is 3.90. The highest BCUT2D eigenvalue weighted by Gasteiger charge is 2.28. The number of nitrogens with two attached hydrogens (primary N) is 1. The Hall–Kier alpha value is -2.74. The summed E-state index contributed by atoms with van der Waals surface area (Å²) in [6.45, 7) is 9.95. The molecule has 3 rings (SSSR count). The molecule has 0 saturated carbocycles. The van der Waals surface area contributed by atoms with Crippen molar-refractivity contribution in [3.63, 3.8) is 0 Å². The lowest BCUT2D eigenvalue weighted by atomic mass is 10.1. The lowest BCUT2D eigenvalue weighted by Gasteiger charge is -2.31. The molecule has 1 aliphatic heterocycles. The summed E-state index contributed by atoms with van der Waals surface area (Å²) in [5, 5.41) is 0. The number of aromatic nitrogens is 2. The molecule has 1 amide bonds. The van der Waals surface area contributed by atoms with Gasteiger partial charge in [0, 0.05) is 25.2 Å². The average Bonchev–Trinajstić information content (AvgIpc) is 3.18. The van der Waals surface area contributed by atoms with Gasteiger partial charge in [0.2, 0.25) is 0 Å². The first-order chi connectivity index (χ1) is 14.3. The number of carbonyl (C=O) groups is 1. The van der Waals surface area contributed by atoms with Gasteiger partial charge in [-0.25, -0.2) is 14.4 Å². The van der Waals surface area contributed by atoms with Crippen molar-refractivity contribution in [2.75, 3.05) is 24.5 Å². The molecule has 2 aromatic rings. The highest BCUT2D eigenvalue weighted by molar-refractivity contribution is 5.97. The van der Waals surface area contributed by atoms with E-state index in [9.17, 15) is 9.18 Å². The van der Waals surface area contributed by atoms with Crippen LogP contribution >= 0.6 is 0 Å². The van der Waals surface area contributed by atoms with Gasteiger partial charge in [0.25, 0.3) is 5.91 Å². The number of hydrogen-bond acceptors (Lipinski definition) is 6. The molecule has 0 bridgehead atoms. The minimum absolute atomic E-state index is 0.0398. The molecule has 1 aliphatic rings. The van der Waals surface area contributed by atoms with Crippen LogP contribution in [0.2, 0.25) is 0 Å². The number of hydrogen-bond donors (Lipinski definition) is 1. The predicted molar refractivity (Wildman–Crippen MR) is 114 cm³/mol. The third-order valence-corrected chi connectivity index (χ3v) is 5.32. The largest absolute Gasteiger partial charge is 0.451 e. The summed E-state index contributed by atoms with van der Waals surface area (Å²) in [5.74, 6) is 0.981. The average molecular weight is 416 g/mol. The maximum Gasteiger partial charge on any atom is 0.258 e. The van der Waals surface area contributed by atoms with Gasteiger partial charge in [-0.1, -0.05) is 0 Å². The van der Waals surface area contributed by atoms with Crippen LogP contribution in [0.4, 0.5) is 10.2 Å². The first kappa shape index (κ1) is 22.0. The Kier molecular flexibility index (Phi) is 6.87. The molecule has 7 nitrogen and oxygen atoms in total. The van der Waals surface area contributed by atoms with Crippen LogP contribution in [-0.4, -0.2) is 52.5 Å². The van der Waals surface area contributed by atoms with Crippen LogP contribution in [-0.2, 0) is 0 Å². The van der Waals surface area contributed by atoms with E-state index >= 15 is 0 Å². The van der Waals surface area contributed by atoms with Crippen molar-refractivity contribution in [2.24, 2.45) is 11.7 Å². The molecule has 0 radical (unpaired) electrons. The molecule has 1 unspecified atom stereocenters. The highest BCUT2D eigenvalue weighted by atomic mass is 19.1. The van der Waals surface area contributed by atoms with Crippen LogP contribution in [0.3, 0.4) is 0 Å². The van der Waals surface area contributed by atoms with Crippen molar-refractivity contribution in [3.8, 4) is 11.5 Å². The van der Waals surface area contributed by atoms with Crippen LogP contribution in [0.25, 0.3) is 0 Å². The Morgan fingerprint density at radius 2 is 2.03 bits per heavy atom. The molecule has 30 heavy (non-hydrogen) atoms. The maximum atomic E-state index is 14.0. The van der Waals surface area contributed by atoms with Gasteiger partial charge in [-0.3, -0.25) is 4.79 Å². The number of rotatable bonds is 7. The summed E-state index contributed by atoms with van der Waals surface area (Å²) in [7, 11) is 0. The summed E-state index contributed by atoms with van der Waals surface area (Å²) >= 11 is 0. The van der Waals surface area contributed by atoms with Crippen molar-refractivity contribution in [3.05, 3.63) is 42.1 Å². The molecule has 0 spiro atoms. The summed E-state index contributed by atoms with van der Waals surface area (Å²) in [4.78, 5) is 25.5. The lowest BCUT2D eigenvalue weighted by molar-refractivity contribution is 0.0640. The Balaban J connectivity index is 1.95. The Morgan fingerprint density at radius 1 is 1.30 bits per heavy atom. The Labute approximate surface area is 177 Å². The second kappa shape index (κ2) is 9.38. The van der Waals surface area contributed by atoms with Crippen molar-refractivity contribution in [1.29, 1.82) is 0 Å². The number of carbonyl (C=O) groups excluding carboxylic acids is 1. The fraction of sp³-hybridized carbons (Fsp3) is 0.500. The van der Waals surface area contributed by atoms with Gasteiger partial charge in [0.05, 0.1) is 11.8 Å². The molecular formula is C22H30FN5O2. The molecular weight excluding hydrogens is 385 g/mol. The van der Waals surface area contributed by atoms with Crippen LogP contribution in [0.5, 0.6) is 11.5 Å². The standard InChI is InChI=1S/C22H30FN5O2/c1-14(2)28(15(3)4)22(29)18-9-17(23)5-6-19(18)30-20-11-25-13-26-21(20)27-8-7-16(10-24)12-27/h5-6,9,11,13-16H,7-8,10,12,24H2,1-4H3. The zero-order valence-electron chi connectivity index (χ0n) is 18.0. The summed E-state index contributed by atoms with van der Waals surface area (Å²) in [5.41, 5.74) is 5.99. The van der Waals surface area contributed by atoms with E-state index in [0.717, 1.165) is 19.5 Å². The quantitative estimate of drug-likeness (QED) is 0.746. The van der Waals surface area contributed by atoms with Crippen LogP contribution in [0, 0.1) is 11.7 Å². The second-order valence-electron chi connectivity index (χ2n) is 8.19. The molecule has 1 saturated heterocycles. The molecule has 2 N–H and O–H groups in total. The van der Waals surface area contributed by atoms with Gasteiger partial charge >= 0.3 is 0 Å². The molecule has 1 aromatic carbocycles. The normalized spacial score (nSPS) is 16.4. The topological polar surface area (TPSA) is 84.6 Å². The molecule has 2 heterocycles. The fourth-order valence-electron chi connectivity index (χ4n) is 3.92. The number of nitrogens with zero attached hydrogens (tertiary/aromatic N) is 4.